The molecule has 0 saturated heterocycles. The van der Waals surface area contributed by atoms with E-state index in [2.05, 4.69) is 15.3 Å². The fraction of sp³-hybridized carbons (Fsp3) is 0.600. The maximum atomic E-state index is 5.17. The number of rotatable bonds is 4. The van der Waals surface area contributed by atoms with Crippen LogP contribution in [0.1, 0.15) is 31.5 Å². The molecule has 78 valence electrons. The molecule has 1 aromatic rings. The molecule has 4 nitrogen and oxygen atoms in total. The van der Waals surface area contributed by atoms with E-state index in [1.807, 2.05) is 26.8 Å². The Labute approximate surface area is 84.7 Å². The maximum absolute atomic E-state index is 5.17. The first-order chi connectivity index (χ1) is 6.67. The smallest absolute Gasteiger partial charge is 0.159 e. The third-order valence-electron chi connectivity index (χ3n) is 1.95. The molecule has 1 N–H and O–H groups in total. The van der Waals surface area contributed by atoms with Gasteiger partial charge < -0.3 is 10.1 Å². The number of aryl methyl sites for hydroxylation is 1. The number of nitrogens with zero attached hydrogens (tertiary/aromatic N) is 2. The zero-order chi connectivity index (χ0) is 10.6. The van der Waals surface area contributed by atoms with Crippen LogP contribution in [0.4, 0.5) is 5.82 Å². The standard InChI is InChI=1S/C10H17N3O/c1-5-11-9-6-7(2)12-10(13-9)8(3)14-4/h6,8H,5H2,1-4H3,(H,11,12,13). The highest BCUT2D eigenvalue weighted by atomic mass is 16.5. The lowest BCUT2D eigenvalue weighted by Gasteiger charge is -2.10. The SMILES string of the molecule is CCNc1cc(C)nc(C(C)OC)n1. The highest BCUT2D eigenvalue weighted by Gasteiger charge is 2.08. The summed E-state index contributed by atoms with van der Waals surface area (Å²) in [6.07, 6.45) is -0.0627. The highest BCUT2D eigenvalue weighted by molar-refractivity contribution is 5.35. The van der Waals surface area contributed by atoms with E-state index in [4.69, 9.17) is 4.74 Å². The zero-order valence-corrected chi connectivity index (χ0v) is 9.16. The van der Waals surface area contributed by atoms with Crippen molar-refractivity contribution in [1.82, 2.24) is 9.97 Å². The van der Waals surface area contributed by atoms with Crippen LogP contribution in [0.2, 0.25) is 0 Å². The Morgan fingerprint density at radius 1 is 1.50 bits per heavy atom. The Bertz CT molecular complexity index is 301. The largest absolute Gasteiger partial charge is 0.374 e. The summed E-state index contributed by atoms with van der Waals surface area (Å²) in [6.45, 7) is 6.78. The molecule has 1 atom stereocenters. The van der Waals surface area contributed by atoms with Gasteiger partial charge in [-0.25, -0.2) is 9.97 Å². The van der Waals surface area contributed by atoms with Crippen LogP contribution in [0.25, 0.3) is 0 Å². The predicted molar refractivity (Wildman–Crippen MR) is 56.4 cm³/mol. The number of aromatic nitrogens is 2. The van der Waals surface area contributed by atoms with E-state index in [0.717, 1.165) is 23.9 Å². The van der Waals surface area contributed by atoms with E-state index in [0.29, 0.717) is 0 Å². The van der Waals surface area contributed by atoms with Gasteiger partial charge in [0.25, 0.3) is 0 Å². The van der Waals surface area contributed by atoms with Crippen molar-refractivity contribution < 1.29 is 4.74 Å². The van der Waals surface area contributed by atoms with Crippen molar-refractivity contribution in [3.63, 3.8) is 0 Å². The number of hydrogen-bond donors (Lipinski definition) is 1. The summed E-state index contributed by atoms with van der Waals surface area (Å²) in [5.74, 6) is 1.59. The van der Waals surface area contributed by atoms with Gasteiger partial charge in [-0.3, -0.25) is 0 Å². The molecule has 0 spiro atoms. The van der Waals surface area contributed by atoms with Crippen LogP contribution in [-0.4, -0.2) is 23.6 Å². The third-order valence-corrected chi connectivity index (χ3v) is 1.95. The molecule has 1 rings (SSSR count). The summed E-state index contributed by atoms with van der Waals surface area (Å²) in [4.78, 5) is 8.66. The van der Waals surface area contributed by atoms with E-state index in [9.17, 15) is 0 Å². The molecule has 0 bridgehead atoms. The van der Waals surface area contributed by atoms with Crippen LogP contribution in [0.5, 0.6) is 0 Å². The number of anilines is 1. The van der Waals surface area contributed by atoms with Crippen LogP contribution < -0.4 is 5.32 Å². The van der Waals surface area contributed by atoms with Crippen molar-refractivity contribution in [2.24, 2.45) is 0 Å². The quantitative estimate of drug-likeness (QED) is 0.797. The molecular formula is C10H17N3O. The second-order valence-corrected chi connectivity index (χ2v) is 3.16. The molecule has 0 amide bonds. The van der Waals surface area contributed by atoms with Gasteiger partial charge in [-0.2, -0.15) is 0 Å². The molecule has 0 aromatic carbocycles. The van der Waals surface area contributed by atoms with Gasteiger partial charge in [0.15, 0.2) is 5.82 Å². The van der Waals surface area contributed by atoms with Gasteiger partial charge in [-0.15, -0.1) is 0 Å². The first kappa shape index (κ1) is 10.9. The van der Waals surface area contributed by atoms with E-state index in [-0.39, 0.29) is 6.10 Å². The minimum atomic E-state index is -0.0627. The van der Waals surface area contributed by atoms with Gasteiger partial charge >= 0.3 is 0 Å². The minimum absolute atomic E-state index is 0.0627. The van der Waals surface area contributed by atoms with Crippen molar-refractivity contribution in [1.29, 1.82) is 0 Å². The molecule has 0 saturated carbocycles. The molecule has 0 aliphatic rings. The van der Waals surface area contributed by atoms with E-state index >= 15 is 0 Å². The summed E-state index contributed by atoms with van der Waals surface area (Å²) in [5.41, 5.74) is 0.954. The van der Waals surface area contributed by atoms with Crippen LogP contribution in [0.15, 0.2) is 6.07 Å². The Kier molecular flexibility index (Phi) is 3.83. The topological polar surface area (TPSA) is 47.0 Å². The fourth-order valence-electron chi connectivity index (χ4n) is 1.15. The number of hydrogen-bond acceptors (Lipinski definition) is 4. The second kappa shape index (κ2) is 4.91. The Morgan fingerprint density at radius 2 is 2.21 bits per heavy atom. The Hall–Kier alpha value is -1.16. The molecule has 1 unspecified atom stereocenters. The van der Waals surface area contributed by atoms with Crippen molar-refractivity contribution in [2.45, 2.75) is 26.9 Å². The predicted octanol–water partition coefficient (Wildman–Crippen LogP) is 1.92. The van der Waals surface area contributed by atoms with Crippen LogP contribution >= 0.6 is 0 Å². The van der Waals surface area contributed by atoms with E-state index in [1.54, 1.807) is 7.11 Å². The summed E-state index contributed by atoms with van der Waals surface area (Å²) in [5, 5.41) is 3.16. The molecule has 14 heavy (non-hydrogen) atoms. The highest BCUT2D eigenvalue weighted by Crippen LogP contribution is 2.14. The molecule has 0 fully saturated rings. The monoisotopic (exact) mass is 195 g/mol. The van der Waals surface area contributed by atoms with Gasteiger partial charge in [-0.1, -0.05) is 0 Å². The average molecular weight is 195 g/mol. The van der Waals surface area contributed by atoms with E-state index < -0.39 is 0 Å². The Morgan fingerprint density at radius 3 is 2.79 bits per heavy atom. The lowest BCUT2D eigenvalue weighted by Crippen LogP contribution is -2.08. The lowest BCUT2D eigenvalue weighted by molar-refractivity contribution is 0.112. The fourth-order valence-corrected chi connectivity index (χ4v) is 1.15. The summed E-state index contributed by atoms with van der Waals surface area (Å²) in [6, 6.07) is 1.93. The van der Waals surface area contributed by atoms with Gasteiger partial charge in [-0.05, 0) is 20.8 Å². The van der Waals surface area contributed by atoms with Gasteiger partial charge in [0.05, 0.1) is 0 Å². The molecule has 1 heterocycles. The molecule has 4 heteroatoms. The van der Waals surface area contributed by atoms with Crippen molar-refractivity contribution >= 4 is 5.82 Å². The van der Waals surface area contributed by atoms with Gasteiger partial charge in [0.1, 0.15) is 11.9 Å². The summed E-state index contributed by atoms with van der Waals surface area (Å²) >= 11 is 0. The number of methoxy groups -OCH3 is 1. The molecule has 0 aliphatic carbocycles. The minimum Gasteiger partial charge on any atom is -0.374 e. The van der Waals surface area contributed by atoms with Crippen molar-refractivity contribution in [2.75, 3.05) is 19.0 Å². The van der Waals surface area contributed by atoms with Crippen LogP contribution in [-0.2, 0) is 4.74 Å². The first-order valence-corrected chi connectivity index (χ1v) is 4.79. The first-order valence-electron chi connectivity index (χ1n) is 4.79. The van der Waals surface area contributed by atoms with Gasteiger partial charge in [0.2, 0.25) is 0 Å². The third kappa shape index (κ3) is 2.67. The maximum Gasteiger partial charge on any atom is 0.159 e. The molecular weight excluding hydrogens is 178 g/mol. The lowest BCUT2D eigenvalue weighted by atomic mass is 10.3. The number of ether oxygens (including phenoxy) is 1. The second-order valence-electron chi connectivity index (χ2n) is 3.16. The summed E-state index contributed by atoms with van der Waals surface area (Å²) < 4.78 is 5.17. The van der Waals surface area contributed by atoms with Crippen LogP contribution in [0, 0.1) is 6.92 Å². The average Bonchev–Trinajstić information content (AvgIpc) is 2.16. The van der Waals surface area contributed by atoms with Gasteiger partial charge in [0, 0.05) is 25.4 Å². The van der Waals surface area contributed by atoms with E-state index in [1.165, 1.54) is 0 Å². The summed E-state index contributed by atoms with van der Waals surface area (Å²) in [7, 11) is 1.66. The number of nitrogens with one attached hydrogen (secondary N) is 1. The molecule has 0 radical (unpaired) electrons. The zero-order valence-electron chi connectivity index (χ0n) is 9.16. The van der Waals surface area contributed by atoms with Crippen molar-refractivity contribution in [3.05, 3.63) is 17.6 Å². The van der Waals surface area contributed by atoms with Crippen LogP contribution in [0.3, 0.4) is 0 Å². The molecule has 1 aromatic heterocycles. The normalized spacial score (nSPS) is 12.6. The Balaban J connectivity index is 2.94. The molecule has 0 aliphatic heterocycles. The van der Waals surface area contributed by atoms with Crippen molar-refractivity contribution in [3.8, 4) is 0 Å².